The molecule has 1 heterocycles. The van der Waals surface area contributed by atoms with Crippen LogP contribution in [-0.2, 0) is 14.6 Å². The molecular formula is C12H16ClNO3S. The Balaban J connectivity index is 2.36. The average molecular weight is 290 g/mol. The van der Waals surface area contributed by atoms with Crippen molar-refractivity contribution in [1.29, 1.82) is 0 Å². The van der Waals surface area contributed by atoms with Crippen LogP contribution in [0.4, 0.5) is 0 Å². The summed E-state index contributed by atoms with van der Waals surface area (Å²) in [4.78, 5) is 0.285. The molecule has 1 fully saturated rings. The van der Waals surface area contributed by atoms with Crippen LogP contribution >= 0.6 is 11.6 Å². The van der Waals surface area contributed by atoms with Crippen LogP contribution in [-0.4, -0.2) is 34.4 Å². The molecule has 1 aromatic carbocycles. The number of nitrogens with one attached hydrogen (secondary N) is 1. The van der Waals surface area contributed by atoms with Crippen molar-refractivity contribution in [3.05, 3.63) is 28.8 Å². The first-order chi connectivity index (χ1) is 8.48. The topological polar surface area (TPSA) is 55.4 Å². The van der Waals surface area contributed by atoms with Crippen LogP contribution in [0.5, 0.6) is 0 Å². The summed E-state index contributed by atoms with van der Waals surface area (Å²) in [6.07, 6.45) is 2.14. The van der Waals surface area contributed by atoms with Crippen molar-refractivity contribution in [2.24, 2.45) is 0 Å². The summed E-state index contributed by atoms with van der Waals surface area (Å²) in [5.74, 6) is 0. The lowest BCUT2D eigenvalue weighted by atomic mass is 10.1. The monoisotopic (exact) mass is 289 g/mol. The molecule has 0 bridgehead atoms. The van der Waals surface area contributed by atoms with E-state index < -0.39 is 9.84 Å². The van der Waals surface area contributed by atoms with Crippen LogP contribution < -0.4 is 5.32 Å². The van der Waals surface area contributed by atoms with E-state index in [2.05, 4.69) is 5.32 Å². The average Bonchev–Trinajstić information content (AvgIpc) is 2.56. The maximum absolute atomic E-state index is 11.6. The fourth-order valence-electron chi connectivity index (χ4n) is 1.93. The largest absolute Gasteiger partial charge is 0.379 e. The van der Waals surface area contributed by atoms with Gasteiger partial charge in [-0.15, -0.1) is 0 Å². The molecule has 1 aliphatic rings. The number of ether oxygens (including phenoxy) is 1. The minimum Gasteiger partial charge on any atom is -0.379 e. The van der Waals surface area contributed by atoms with Crippen LogP contribution in [0.2, 0.25) is 5.02 Å². The van der Waals surface area contributed by atoms with E-state index in [0.717, 1.165) is 18.5 Å². The first-order valence-electron chi connectivity index (χ1n) is 5.79. The molecule has 0 spiro atoms. The summed E-state index contributed by atoms with van der Waals surface area (Å²) in [5.41, 5.74) is 0.779. The van der Waals surface area contributed by atoms with Crippen LogP contribution in [0.1, 0.15) is 18.0 Å². The highest BCUT2D eigenvalue weighted by Gasteiger charge is 2.19. The smallest absolute Gasteiger partial charge is 0.175 e. The molecule has 4 nitrogen and oxygen atoms in total. The Bertz CT molecular complexity index is 522. The maximum Gasteiger partial charge on any atom is 0.175 e. The number of hydrogen-bond acceptors (Lipinski definition) is 4. The third kappa shape index (κ3) is 3.23. The summed E-state index contributed by atoms with van der Waals surface area (Å²) in [6.45, 7) is 2.06. The summed E-state index contributed by atoms with van der Waals surface area (Å²) < 4.78 is 28.6. The van der Waals surface area contributed by atoms with Gasteiger partial charge in [0.05, 0.1) is 17.5 Å². The minimum absolute atomic E-state index is 0.0540. The van der Waals surface area contributed by atoms with E-state index in [1.165, 1.54) is 12.3 Å². The molecule has 1 unspecified atom stereocenters. The van der Waals surface area contributed by atoms with Crippen molar-refractivity contribution in [2.45, 2.75) is 17.4 Å². The Morgan fingerprint density at radius 1 is 1.44 bits per heavy atom. The lowest BCUT2D eigenvalue weighted by Gasteiger charge is -2.17. The van der Waals surface area contributed by atoms with Gasteiger partial charge in [-0.25, -0.2) is 8.42 Å². The van der Waals surface area contributed by atoms with E-state index in [0.29, 0.717) is 18.2 Å². The summed E-state index contributed by atoms with van der Waals surface area (Å²) in [6, 6.07) is 4.73. The zero-order valence-electron chi connectivity index (χ0n) is 10.1. The van der Waals surface area contributed by atoms with E-state index >= 15 is 0 Å². The zero-order valence-corrected chi connectivity index (χ0v) is 11.7. The van der Waals surface area contributed by atoms with Gasteiger partial charge in [0.15, 0.2) is 9.84 Å². The van der Waals surface area contributed by atoms with Gasteiger partial charge in [0, 0.05) is 17.9 Å². The lowest BCUT2D eigenvalue weighted by molar-refractivity contribution is 0.131. The van der Waals surface area contributed by atoms with Gasteiger partial charge in [0.1, 0.15) is 0 Å². The van der Waals surface area contributed by atoms with E-state index in [4.69, 9.17) is 16.3 Å². The SMILES string of the molecule is CS(=O)(=O)c1ccc(Cl)c(C2COCCCN2)c1. The molecule has 0 aliphatic carbocycles. The predicted molar refractivity (Wildman–Crippen MR) is 70.7 cm³/mol. The minimum atomic E-state index is -3.22. The van der Waals surface area contributed by atoms with Crippen LogP contribution in [0, 0.1) is 0 Å². The molecule has 1 aliphatic heterocycles. The molecule has 0 amide bonds. The summed E-state index contributed by atoms with van der Waals surface area (Å²) in [7, 11) is -3.22. The molecule has 1 aromatic rings. The van der Waals surface area contributed by atoms with E-state index in [1.807, 2.05) is 0 Å². The lowest BCUT2D eigenvalue weighted by Crippen LogP contribution is -2.24. The normalized spacial score (nSPS) is 21.6. The third-order valence-corrected chi connectivity index (χ3v) is 4.37. The van der Waals surface area contributed by atoms with Crippen LogP contribution in [0.15, 0.2) is 23.1 Å². The van der Waals surface area contributed by atoms with Gasteiger partial charge < -0.3 is 10.1 Å². The van der Waals surface area contributed by atoms with Gasteiger partial charge >= 0.3 is 0 Å². The van der Waals surface area contributed by atoms with Crippen molar-refractivity contribution in [2.75, 3.05) is 26.0 Å². The number of halogens is 1. The second-order valence-electron chi connectivity index (χ2n) is 4.39. The summed E-state index contributed by atoms with van der Waals surface area (Å²) in [5, 5.41) is 3.87. The number of rotatable bonds is 2. The highest BCUT2D eigenvalue weighted by atomic mass is 35.5. The molecule has 0 saturated carbocycles. The van der Waals surface area contributed by atoms with Gasteiger partial charge in [0.2, 0.25) is 0 Å². The van der Waals surface area contributed by atoms with Crippen molar-refractivity contribution in [1.82, 2.24) is 5.32 Å². The molecular weight excluding hydrogens is 274 g/mol. The Labute approximate surface area is 112 Å². The molecule has 0 radical (unpaired) electrons. The van der Waals surface area contributed by atoms with Gasteiger partial charge in [-0.3, -0.25) is 0 Å². The molecule has 1 atom stereocenters. The van der Waals surface area contributed by atoms with E-state index in [9.17, 15) is 8.42 Å². The Morgan fingerprint density at radius 3 is 2.94 bits per heavy atom. The van der Waals surface area contributed by atoms with Gasteiger partial charge in [-0.05, 0) is 36.7 Å². The Hall–Kier alpha value is -0.620. The predicted octanol–water partition coefficient (Wildman–Crippen LogP) is 1.79. The number of hydrogen-bond donors (Lipinski definition) is 1. The first-order valence-corrected chi connectivity index (χ1v) is 8.06. The Morgan fingerprint density at radius 2 is 2.22 bits per heavy atom. The molecule has 18 heavy (non-hydrogen) atoms. The first kappa shape index (κ1) is 13.8. The van der Waals surface area contributed by atoms with Gasteiger partial charge in [0.25, 0.3) is 0 Å². The van der Waals surface area contributed by atoms with Gasteiger partial charge in [-0.1, -0.05) is 11.6 Å². The second-order valence-corrected chi connectivity index (χ2v) is 6.81. The molecule has 1 N–H and O–H groups in total. The molecule has 1 saturated heterocycles. The van der Waals surface area contributed by atoms with E-state index in [-0.39, 0.29) is 10.9 Å². The van der Waals surface area contributed by atoms with Gasteiger partial charge in [-0.2, -0.15) is 0 Å². The Kier molecular flexibility index (Phi) is 4.27. The molecule has 6 heteroatoms. The molecule has 2 rings (SSSR count). The quantitative estimate of drug-likeness (QED) is 0.902. The number of sulfone groups is 1. The van der Waals surface area contributed by atoms with Crippen LogP contribution in [0.25, 0.3) is 0 Å². The van der Waals surface area contributed by atoms with E-state index in [1.54, 1.807) is 12.1 Å². The standard InChI is InChI=1S/C12H16ClNO3S/c1-18(15,16)9-3-4-11(13)10(7-9)12-8-17-6-2-5-14-12/h3-4,7,12,14H,2,5-6,8H2,1H3. The fourth-order valence-corrected chi connectivity index (χ4v) is 2.84. The molecule has 0 aromatic heterocycles. The highest BCUT2D eigenvalue weighted by molar-refractivity contribution is 7.90. The van der Waals surface area contributed by atoms with Crippen molar-refractivity contribution in [3.63, 3.8) is 0 Å². The zero-order chi connectivity index (χ0) is 13.2. The van der Waals surface area contributed by atoms with Crippen molar-refractivity contribution < 1.29 is 13.2 Å². The fraction of sp³-hybridized carbons (Fsp3) is 0.500. The maximum atomic E-state index is 11.6. The molecule has 100 valence electrons. The highest BCUT2D eigenvalue weighted by Crippen LogP contribution is 2.27. The third-order valence-electron chi connectivity index (χ3n) is 2.91. The summed E-state index contributed by atoms with van der Waals surface area (Å²) >= 11 is 6.14. The van der Waals surface area contributed by atoms with Crippen molar-refractivity contribution >= 4 is 21.4 Å². The second kappa shape index (κ2) is 5.57. The van der Waals surface area contributed by atoms with Crippen molar-refractivity contribution in [3.8, 4) is 0 Å². The van der Waals surface area contributed by atoms with Crippen LogP contribution in [0.3, 0.4) is 0 Å². The number of benzene rings is 1.